The van der Waals surface area contributed by atoms with E-state index in [1.165, 1.54) is 11.3 Å². The van der Waals surface area contributed by atoms with Crippen molar-refractivity contribution in [1.82, 2.24) is 4.98 Å². The van der Waals surface area contributed by atoms with Crippen LogP contribution in [0.4, 0.5) is 0 Å². The molecule has 0 saturated carbocycles. The van der Waals surface area contributed by atoms with Crippen molar-refractivity contribution >= 4 is 34.5 Å². The molecule has 16 heavy (non-hydrogen) atoms. The second-order valence-electron chi connectivity index (χ2n) is 3.90. The lowest BCUT2D eigenvalue weighted by atomic mass is 10.2. The van der Waals surface area contributed by atoms with Crippen LogP contribution in [0.1, 0.15) is 24.8 Å². The molecule has 1 N–H and O–H groups in total. The highest BCUT2D eigenvalue weighted by molar-refractivity contribution is 7.16. The number of rotatable bonds is 2. The van der Waals surface area contributed by atoms with E-state index in [2.05, 4.69) is 4.98 Å². The molecule has 2 rings (SSSR count). The summed E-state index contributed by atoms with van der Waals surface area (Å²) in [5.74, 6) is -0.738. The maximum absolute atomic E-state index is 9.23. The molecule has 0 amide bonds. The molecule has 2 unspecified atom stereocenters. The Morgan fingerprint density at radius 3 is 2.62 bits per heavy atom. The molecule has 0 bridgehead atoms. The first kappa shape index (κ1) is 12.5. The first-order chi connectivity index (χ1) is 7.43. The fraction of sp³-hybridized carbons (Fsp3) is 0.667. The Balaban J connectivity index is 2.30. The molecule has 2 atom stereocenters. The zero-order valence-electron chi connectivity index (χ0n) is 8.74. The molecule has 0 radical (unpaired) electrons. The number of aliphatic hydroxyl groups excluding tert-OH is 1. The Labute approximate surface area is 107 Å². The molecule has 4 nitrogen and oxygen atoms in total. The largest absolute Gasteiger partial charge is 0.394 e. The minimum Gasteiger partial charge on any atom is -0.394 e. The molecule has 2 heterocycles. The summed E-state index contributed by atoms with van der Waals surface area (Å²) in [6.45, 7) is 3.43. The summed E-state index contributed by atoms with van der Waals surface area (Å²) in [7, 11) is 0. The zero-order chi connectivity index (χ0) is 11.9. The quantitative estimate of drug-likeness (QED) is 0.907. The Hall–Kier alpha value is 0.0900. The van der Waals surface area contributed by atoms with Gasteiger partial charge in [-0.05, 0) is 13.8 Å². The monoisotopic (exact) mass is 283 g/mol. The van der Waals surface area contributed by atoms with Crippen molar-refractivity contribution in [2.45, 2.75) is 31.8 Å². The van der Waals surface area contributed by atoms with Gasteiger partial charge >= 0.3 is 0 Å². The van der Waals surface area contributed by atoms with E-state index in [9.17, 15) is 5.11 Å². The molecular formula is C9H11Cl2NO3S. The van der Waals surface area contributed by atoms with Crippen LogP contribution in [0.2, 0.25) is 9.62 Å². The number of halogens is 2. The maximum Gasteiger partial charge on any atom is 0.185 e. The van der Waals surface area contributed by atoms with Gasteiger partial charge in [0.1, 0.15) is 17.4 Å². The summed E-state index contributed by atoms with van der Waals surface area (Å²) in [6.07, 6.45) is -0.860. The van der Waals surface area contributed by atoms with Crippen molar-refractivity contribution < 1.29 is 14.6 Å². The number of aromatic nitrogens is 1. The molecule has 1 aromatic rings. The molecule has 1 aliphatic heterocycles. The van der Waals surface area contributed by atoms with E-state index in [0.29, 0.717) is 14.5 Å². The van der Waals surface area contributed by atoms with Gasteiger partial charge in [0, 0.05) is 0 Å². The molecule has 90 valence electrons. The van der Waals surface area contributed by atoms with E-state index in [-0.39, 0.29) is 6.61 Å². The minimum atomic E-state index is -0.738. The van der Waals surface area contributed by atoms with Gasteiger partial charge in [0.25, 0.3) is 0 Å². The number of aliphatic hydroxyl groups is 1. The lowest BCUT2D eigenvalue weighted by molar-refractivity contribution is -0.149. The average Bonchev–Trinajstić information content (AvgIpc) is 2.65. The topological polar surface area (TPSA) is 51.6 Å². The third-order valence-electron chi connectivity index (χ3n) is 2.21. The summed E-state index contributed by atoms with van der Waals surface area (Å²) < 4.78 is 11.6. The Bertz CT molecular complexity index is 396. The fourth-order valence-electron chi connectivity index (χ4n) is 1.65. The minimum absolute atomic E-state index is 0.139. The van der Waals surface area contributed by atoms with Crippen LogP contribution in [0, 0.1) is 0 Å². The number of ether oxygens (including phenoxy) is 2. The van der Waals surface area contributed by atoms with Gasteiger partial charge in [-0.1, -0.05) is 23.2 Å². The van der Waals surface area contributed by atoms with E-state index in [1.807, 2.05) is 0 Å². The highest BCUT2D eigenvalue weighted by Gasteiger charge is 2.43. The van der Waals surface area contributed by atoms with Crippen molar-refractivity contribution in [1.29, 1.82) is 0 Å². The normalized spacial score (nSPS) is 28.6. The van der Waals surface area contributed by atoms with E-state index in [1.54, 1.807) is 13.8 Å². The number of hydrogen-bond donors (Lipinski definition) is 1. The van der Waals surface area contributed by atoms with Crippen LogP contribution in [0.5, 0.6) is 0 Å². The molecule has 0 aliphatic carbocycles. The SMILES string of the molecule is CC1(C)OC(CO)C(c2sc(Cl)nc2Cl)O1. The van der Waals surface area contributed by atoms with Crippen LogP contribution >= 0.6 is 34.5 Å². The summed E-state index contributed by atoms with van der Waals surface area (Å²) in [5, 5.41) is 9.54. The van der Waals surface area contributed by atoms with Gasteiger partial charge in [0.15, 0.2) is 10.3 Å². The average molecular weight is 284 g/mol. The fourth-order valence-corrected chi connectivity index (χ4v) is 3.15. The van der Waals surface area contributed by atoms with Crippen LogP contribution in [0.25, 0.3) is 0 Å². The van der Waals surface area contributed by atoms with Crippen molar-refractivity contribution in [3.63, 3.8) is 0 Å². The molecule has 1 aromatic heterocycles. The summed E-state index contributed by atoms with van der Waals surface area (Å²) in [6, 6.07) is 0. The predicted octanol–water partition coefficient (Wildman–Crippen LogP) is 2.63. The van der Waals surface area contributed by atoms with Gasteiger partial charge in [0.05, 0.1) is 11.5 Å². The Morgan fingerprint density at radius 1 is 1.44 bits per heavy atom. The van der Waals surface area contributed by atoms with Crippen LogP contribution in [0.3, 0.4) is 0 Å². The summed E-state index contributed by atoms with van der Waals surface area (Å²) >= 11 is 12.9. The lowest BCUT2D eigenvalue weighted by Crippen LogP contribution is -2.23. The standard InChI is InChI=1S/C9H11Cl2NO3S/c1-9(2)14-4(3-13)5(15-9)6-7(10)12-8(11)16-6/h4-5,13H,3H2,1-2H3. The van der Waals surface area contributed by atoms with Crippen molar-refractivity contribution in [2.75, 3.05) is 6.61 Å². The van der Waals surface area contributed by atoms with Gasteiger partial charge in [0.2, 0.25) is 0 Å². The van der Waals surface area contributed by atoms with Crippen LogP contribution < -0.4 is 0 Å². The molecule has 7 heteroatoms. The van der Waals surface area contributed by atoms with E-state index < -0.39 is 18.0 Å². The highest BCUT2D eigenvalue weighted by Crippen LogP contribution is 2.43. The predicted molar refractivity (Wildman–Crippen MR) is 62.0 cm³/mol. The van der Waals surface area contributed by atoms with Crippen LogP contribution in [-0.4, -0.2) is 28.6 Å². The van der Waals surface area contributed by atoms with Crippen molar-refractivity contribution in [3.05, 3.63) is 14.5 Å². The van der Waals surface area contributed by atoms with Gasteiger partial charge in [-0.2, -0.15) is 0 Å². The molecular weight excluding hydrogens is 273 g/mol. The maximum atomic E-state index is 9.23. The zero-order valence-corrected chi connectivity index (χ0v) is 11.1. The second-order valence-corrected chi connectivity index (χ2v) is 5.87. The van der Waals surface area contributed by atoms with Crippen molar-refractivity contribution in [2.24, 2.45) is 0 Å². The van der Waals surface area contributed by atoms with Gasteiger partial charge in [-0.3, -0.25) is 0 Å². The van der Waals surface area contributed by atoms with Crippen molar-refractivity contribution in [3.8, 4) is 0 Å². The highest BCUT2D eigenvalue weighted by atomic mass is 35.5. The number of nitrogens with zero attached hydrogens (tertiary/aromatic N) is 1. The van der Waals surface area contributed by atoms with Gasteiger partial charge in [-0.25, -0.2) is 4.98 Å². The Kier molecular flexibility index (Phi) is 3.45. The molecule has 1 fully saturated rings. The summed E-state index contributed by atoms with van der Waals surface area (Å²) in [4.78, 5) is 4.60. The first-order valence-electron chi connectivity index (χ1n) is 4.71. The lowest BCUT2D eigenvalue weighted by Gasteiger charge is -2.16. The molecule has 0 spiro atoms. The summed E-state index contributed by atoms with van der Waals surface area (Å²) in [5.41, 5.74) is 0. The van der Waals surface area contributed by atoms with Crippen LogP contribution in [0.15, 0.2) is 0 Å². The second kappa shape index (κ2) is 4.40. The smallest absolute Gasteiger partial charge is 0.185 e. The number of hydrogen-bond acceptors (Lipinski definition) is 5. The van der Waals surface area contributed by atoms with E-state index >= 15 is 0 Å². The number of thiazole rings is 1. The van der Waals surface area contributed by atoms with Gasteiger partial charge in [-0.15, -0.1) is 11.3 Å². The molecule has 0 aromatic carbocycles. The molecule has 1 aliphatic rings. The van der Waals surface area contributed by atoms with E-state index in [4.69, 9.17) is 32.7 Å². The van der Waals surface area contributed by atoms with E-state index in [0.717, 1.165) is 0 Å². The van der Waals surface area contributed by atoms with Crippen LogP contribution in [-0.2, 0) is 9.47 Å². The van der Waals surface area contributed by atoms with Gasteiger partial charge < -0.3 is 14.6 Å². The Morgan fingerprint density at radius 2 is 2.12 bits per heavy atom. The third kappa shape index (κ3) is 2.34. The molecule has 1 saturated heterocycles. The third-order valence-corrected chi connectivity index (χ3v) is 3.83. The first-order valence-corrected chi connectivity index (χ1v) is 6.28.